The molecule has 2 rings (SSSR count). The Labute approximate surface area is 117 Å². The summed E-state index contributed by atoms with van der Waals surface area (Å²) >= 11 is 0. The van der Waals surface area contributed by atoms with Gasteiger partial charge in [-0.05, 0) is 25.5 Å². The molecule has 0 saturated carbocycles. The van der Waals surface area contributed by atoms with Crippen LogP contribution in [0.4, 0.5) is 5.95 Å². The molecule has 2 heterocycles. The fourth-order valence-corrected chi connectivity index (χ4v) is 1.65. The van der Waals surface area contributed by atoms with Crippen molar-refractivity contribution in [2.75, 3.05) is 11.9 Å². The first kappa shape index (κ1) is 13.9. The normalized spacial score (nSPS) is 10.1. The maximum atomic E-state index is 11.6. The Bertz CT molecular complexity index is 587. The SMILES string of the molecule is CCOC(=O)c1cnc(NCc2cccnc2)nc1C. The zero-order valence-corrected chi connectivity index (χ0v) is 11.5. The molecule has 0 aliphatic heterocycles. The molecule has 1 N–H and O–H groups in total. The van der Waals surface area contributed by atoms with Crippen LogP contribution in [0.1, 0.15) is 28.5 Å². The van der Waals surface area contributed by atoms with Gasteiger partial charge in [0.25, 0.3) is 0 Å². The van der Waals surface area contributed by atoms with E-state index in [-0.39, 0.29) is 0 Å². The summed E-state index contributed by atoms with van der Waals surface area (Å²) in [7, 11) is 0. The molecule has 0 amide bonds. The van der Waals surface area contributed by atoms with Crippen LogP contribution in [0.5, 0.6) is 0 Å². The highest BCUT2D eigenvalue weighted by Crippen LogP contribution is 2.09. The Kier molecular flexibility index (Phi) is 4.60. The van der Waals surface area contributed by atoms with Crippen LogP contribution in [-0.2, 0) is 11.3 Å². The number of hydrogen-bond donors (Lipinski definition) is 1. The molecule has 0 aromatic carbocycles. The minimum absolute atomic E-state index is 0.333. The van der Waals surface area contributed by atoms with Crippen LogP contribution >= 0.6 is 0 Å². The zero-order chi connectivity index (χ0) is 14.4. The maximum absolute atomic E-state index is 11.6. The van der Waals surface area contributed by atoms with Gasteiger partial charge in [0, 0.05) is 25.1 Å². The van der Waals surface area contributed by atoms with Crippen molar-refractivity contribution < 1.29 is 9.53 Å². The first-order valence-corrected chi connectivity index (χ1v) is 6.34. The largest absolute Gasteiger partial charge is 0.462 e. The maximum Gasteiger partial charge on any atom is 0.341 e. The van der Waals surface area contributed by atoms with Gasteiger partial charge in [0.05, 0.1) is 17.9 Å². The third-order valence-electron chi connectivity index (χ3n) is 2.65. The Morgan fingerprint density at radius 1 is 1.40 bits per heavy atom. The third kappa shape index (κ3) is 3.50. The van der Waals surface area contributed by atoms with Gasteiger partial charge in [0.2, 0.25) is 5.95 Å². The van der Waals surface area contributed by atoms with Crippen molar-refractivity contribution in [1.29, 1.82) is 0 Å². The molecule has 0 fully saturated rings. The third-order valence-corrected chi connectivity index (χ3v) is 2.65. The molecule has 0 unspecified atom stereocenters. The van der Waals surface area contributed by atoms with Gasteiger partial charge < -0.3 is 10.1 Å². The van der Waals surface area contributed by atoms with Crippen molar-refractivity contribution >= 4 is 11.9 Å². The van der Waals surface area contributed by atoms with Gasteiger partial charge in [-0.2, -0.15) is 0 Å². The number of nitrogens with one attached hydrogen (secondary N) is 1. The standard InChI is InChI=1S/C14H16N4O2/c1-3-20-13(19)12-9-17-14(18-10(12)2)16-8-11-5-4-6-15-7-11/h4-7,9H,3,8H2,1-2H3,(H,16,17,18). The number of esters is 1. The molecule has 0 radical (unpaired) electrons. The number of aryl methyl sites for hydroxylation is 1. The number of carbonyl (C=O) groups excluding carboxylic acids is 1. The summed E-state index contributed by atoms with van der Waals surface area (Å²) in [5.41, 5.74) is 2.01. The summed E-state index contributed by atoms with van der Waals surface area (Å²) in [6.45, 7) is 4.42. The van der Waals surface area contributed by atoms with Gasteiger partial charge in [-0.15, -0.1) is 0 Å². The lowest BCUT2D eigenvalue weighted by Crippen LogP contribution is -2.11. The number of hydrogen-bond acceptors (Lipinski definition) is 6. The van der Waals surface area contributed by atoms with E-state index in [0.717, 1.165) is 5.56 Å². The Hall–Kier alpha value is -2.50. The van der Waals surface area contributed by atoms with E-state index >= 15 is 0 Å². The highest BCUT2D eigenvalue weighted by atomic mass is 16.5. The average molecular weight is 272 g/mol. The van der Waals surface area contributed by atoms with E-state index in [9.17, 15) is 4.79 Å². The predicted octanol–water partition coefficient (Wildman–Crippen LogP) is 1.97. The molecule has 6 heteroatoms. The van der Waals surface area contributed by atoms with Crippen molar-refractivity contribution in [1.82, 2.24) is 15.0 Å². The number of carbonyl (C=O) groups is 1. The molecule has 0 aliphatic carbocycles. The van der Waals surface area contributed by atoms with Gasteiger partial charge in [-0.3, -0.25) is 4.98 Å². The fraction of sp³-hybridized carbons (Fsp3) is 0.286. The second-order valence-electron chi connectivity index (χ2n) is 4.13. The molecule has 2 aromatic heterocycles. The highest BCUT2D eigenvalue weighted by Gasteiger charge is 2.12. The number of nitrogens with zero attached hydrogens (tertiary/aromatic N) is 3. The van der Waals surface area contributed by atoms with E-state index in [1.165, 1.54) is 6.20 Å². The van der Waals surface area contributed by atoms with E-state index in [1.54, 1.807) is 26.2 Å². The summed E-state index contributed by atoms with van der Waals surface area (Å²) in [6.07, 6.45) is 4.97. The van der Waals surface area contributed by atoms with Gasteiger partial charge in [0.15, 0.2) is 0 Å². The summed E-state index contributed by atoms with van der Waals surface area (Å²) in [4.78, 5) is 24.0. The van der Waals surface area contributed by atoms with E-state index < -0.39 is 5.97 Å². The Balaban J connectivity index is 2.04. The van der Waals surface area contributed by atoms with Crippen LogP contribution in [0.15, 0.2) is 30.7 Å². The van der Waals surface area contributed by atoms with Crippen LogP contribution in [0.25, 0.3) is 0 Å². The Morgan fingerprint density at radius 3 is 2.90 bits per heavy atom. The molecule has 104 valence electrons. The summed E-state index contributed by atoms with van der Waals surface area (Å²) in [5, 5.41) is 3.09. The highest BCUT2D eigenvalue weighted by molar-refractivity contribution is 5.90. The van der Waals surface area contributed by atoms with E-state index in [4.69, 9.17) is 4.74 Å². The number of anilines is 1. The van der Waals surface area contributed by atoms with E-state index in [2.05, 4.69) is 20.3 Å². The lowest BCUT2D eigenvalue weighted by Gasteiger charge is -2.08. The second-order valence-corrected chi connectivity index (χ2v) is 4.13. The van der Waals surface area contributed by atoms with Gasteiger partial charge in [0.1, 0.15) is 0 Å². The zero-order valence-electron chi connectivity index (χ0n) is 11.5. The van der Waals surface area contributed by atoms with Crippen LogP contribution in [0.3, 0.4) is 0 Å². The average Bonchev–Trinajstić information content (AvgIpc) is 2.46. The van der Waals surface area contributed by atoms with Gasteiger partial charge in [-0.1, -0.05) is 6.07 Å². The van der Waals surface area contributed by atoms with Gasteiger partial charge >= 0.3 is 5.97 Å². The minimum atomic E-state index is -0.399. The predicted molar refractivity (Wildman–Crippen MR) is 74.3 cm³/mol. The topological polar surface area (TPSA) is 77.0 Å². The summed E-state index contributed by atoms with van der Waals surface area (Å²) in [6, 6.07) is 3.83. The first-order valence-electron chi connectivity index (χ1n) is 6.34. The molecule has 0 spiro atoms. The summed E-state index contributed by atoms with van der Waals surface area (Å²) in [5.74, 6) is 0.0724. The number of pyridine rings is 1. The molecular formula is C14H16N4O2. The Morgan fingerprint density at radius 2 is 2.25 bits per heavy atom. The van der Waals surface area contributed by atoms with Gasteiger partial charge in [-0.25, -0.2) is 14.8 Å². The first-order chi connectivity index (χ1) is 9.70. The van der Waals surface area contributed by atoms with Crippen molar-refractivity contribution in [2.45, 2.75) is 20.4 Å². The monoisotopic (exact) mass is 272 g/mol. The molecule has 20 heavy (non-hydrogen) atoms. The van der Waals surface area contributed by atoms with Crippen molar-refractivity contribution in [3.63, 3.8) is 0 Å². The minimum Gasteiger partial charge on any atom is -0.462 e. The van der Waals surface area contributed by atoms with Crippen molar-refractivity contribution in [3.05, 3.63) is 47.5 Å². The molecule has 6 nitrogen and oxygen atoms in total. The number of rotatable bonds is 5. The lowest BCUT2D eigenvalue weighted by atomic mass is 10.2. The van der Waals surface area contributed by atoms with Crippen molar-refractivity contribution in [2.24, 2.45) is 0 Å². The molecule has 2 aromatic rings. The van der Waals surface area contributed by atoms with Crippen LogP contribution in [0.2, 0.25) is 0 Å². The molecule has 0 bridgehead atoms. The van der Waals surface area contributed by atoms with Crippen LogP contribution < -0.4 is 5.32 Å². The molecule has 0 saturated heterocycles. The molecule has 0 aliphatic rings. The molecule has 0 atom stereocenters. The lowest BCUT2D eigenvalue weighted by molar-refractivity contribution is 0.0524. The van der Waals surface area contributed by atoms with E-state index in [0.29, 0.717) is 30.4 Å². The van der Waals surface area contributed by atoms with Crippen LogP contribution in [-0.4, -0.2) is 27.5 Å². The number of aromatic nitrogens is 3. The number of ether oxygens (including phenoxy) is 1. The fourth-order valence-electron chi connectivity index (χ4n) is 1.65. The molecular weight excluding hydrogens is 256 g/mol. The van der Waals surface area contributed by atoms with Crippen LogP contribution in [0, 0.1) is 6.92 Å². The summed E-state index contributed by atoms with van der Waals surface area (Å²) < 4.78 is 4.93. The quantitative estimate of drug-likeness (QED) is 0.838. The smallest absolute Gasteiger partial charge is 0.341 e. The second kappa shape index (κ2) is 6.60. The van der Waals surface area contributed by atoms with Crippen molar-refractivity contribution in [3.8, 4) is 0 Å². The van der Waals surface area contributed by atoms with E-state index in [1.807, 2.05) is 12.1 Å².